The topological polar surface area (TPSA) is 74.7 Å². The molecule has 0 aliphatic carbocycles. The molecular weight excluding hydrogens is 358 g/mol. The molecule has 0 spiro atoms. The van der Waals surface area contributed by atoms with Crippen molar-refractivity contribution in [3.05, 3.63) is 27.7 Å². The fourth-order valence-electron chi connectivity index (χ4n) is 2.76. The highest BCUT2D eigenvalue weighted by Gasteiger charge is 2.36. The van der Waals surface area contributed by atoms with Gasteiger partial charge in [-0.1, -0.05) is 22.9 Å². The molecule has 0 saturated carbocycles. The van der Waals surface area contributed by atoms with E-state index in [4.69, 9.17) is 0 Å². The SMILES string of the molecule is Cc1c(Br)cc(S(=O)(=O)N2CC(C)CC2C)cc1C(=O)O. The highest BCUT2D eigenvalue weighted by molar-refractivity contribution is 9.10. The normalized spacial score (nSPS) is 23.4. The van der Waals surface area contributed by atoms with Crippen molar-refractivity contribution in [2.45, 2.75) is 38.1 Å². The highest BCUT2D eigenvalue weighted by Crippen LogP contribution is 2.32. The quantitative estimate of drug-likeness (QED) is 0.880. The summed E-state index contributed by atoms with van der Waals surface area (Å²) < 4.78 is 27.4. The third-order valence-corrected chi connectivity index (χ3v) is 6.66. The average molecular weight is 376 g/mol. The zero-order chi connectivity index (χ0) is 15.9. The smallest absolute Gasteiger partial charge is 0.336 e. The van der Waals surface area contributed by atoms with Crippen LogP contribution in [0.4, 0.5) is 0 Å². The molecule has 116 valence electrons. The van der Waals surface area contributed by atoms with Gasteiger partial charge in [0.2, 0.25) is 10.0 Å². The van der Waals surface area contributed by atoms with Crippen LogP contribution in [0.1, 0.15) is 36.2 Å². The second-order valence-corrected chi connectivity index (χ2v) is 8.39. The molecule has 1 aliphatic rings. The first kappa shape index (κ1) is 16.5. The predicted molar refractivity (Wildman–Crippen MR) is 83.0 cm³/mol. The van der Waals surface area contributed by atoms with Crippen molar-refractivity contribution in [2.24, 2.45) is 5.92 Å². The number of hydrogen-bond acceptors (Lipinski definition) is 3. The van der Waals surface area contributed by atoms with E-state index in [9.17, 15) is 18.3 Å². The maximum atomic E-state index is 12.7. The number of sulfonamides is 1. The Morgan fingerprint density at radius 2 is 2.00 bits per heavy atom. The van der Waals surface area contributed by atoms with Crippen molar-refractivity contribution < 1.29 is 18.3 Å². The molecular formula is C14H18BrNO4S. The second-order valence-electron chi connectivity index (χ2n) is 5.65. The summed E-state index contributed by atoms with van der Waals surface area (Å²) in [7, 11) is -3.68. The maximum Gasteiger partial charge on any atom is 0.336 e. The molecule has 2 atom stereocenters. The van der Waals surface area contributed by atoms with E-state index < -0.39 is 16.0 Å². The van der Waals surface area contributed by atoms with Gasteiger partial charge in [0.25, 0.3) is 0 Å². The zero-order valence-electron chi connectivity index (χ0n) is 12.1. The van der Waals surface area contributed by atoms with Crippen LogP contribution < -0.4 is 0 Å². The molecule has 0 aromatic heterocycles. The first-order valence-corrected chi connectivity index (χ1v) is 8.93. The van der Waals surface area contributed by atoms with Gasteiger partial charge in [0.15, 0.2) is 0 Å². The van der Waals surface area contributed by atoms with E-state index in [-0.39, 0.29) is 16.5 Å². The van der Waals surface area contributed by atoms with E-state index in [2.05, 4.69) is 15.9 Å². The van der Waals surface area contributed by atoms with Gasteiger partial charge in [0, 0.05) is 17.1 Å². The number of carbonyl (C=O) groups is 1. The Morgan fingerprint density at radius 3 is 2.48 bits per heavy atom. The van der Waals surface area contributed by atoms with Crippen molar-refractivity contribution in [2.75, 3.05) is 6.54 Å². The van der Waals surface area contributed by atoms with Crippen molar-refractivity contribution in [3.63, 3.8) is 0 Å². The fraction of sp³-hybridized carbons (Fsp3) is 0.500. The van der Waals surface area contributed by atoms with Gasteiger partial charge >= 0.3 is 5.97 Å². The molecule has 1 heterocycles. The average Bonchev–Trinajstić information content (AvgIpc) is 2.71. The number of halogens is 1. The Bertz CT molecular complexity index is 686. The van der Waals surface area contributed by atoms with Gasteiger partial charge < -0.3 is 5.11 Å². The van der Waals surface area contributed by atoms with E-state index in [0.29, 0.717) is 22.5 Å². The van der Waals surface area contributed by atoms with Gasteiger partial charge in [-0.25, -0.2) is 13.2 Å². The van der Waals surface area contributed by atoms with Crippen LogP contribution in [0.15, 0.2) is 21.5 Å². The second kappa shape index (κ2) is 5.70. The third-order valence-electron chi connectivity index (χ3n) is 3.88. The van der Waals surface area contributed by atoms with Crippen molar-refractivity contribution in [1.82, 2.24) is 4.31 Å². The number of carboxylic acids is 1. The molecule has 21 heavy (non-hydrogen) atoms. The molecule has 1 saturated heterocycles. The first-order chi connectivity index (χ1) is 9.64. The number of rotatable bonds is 3. The Labute approximate surface area is 133 Å². The molecule has 1 aromatic rings. The lowest BCUT2D eigenvalue weighted by atomic mass is 10.1. The monoisotopic (exact) mass is 375 g/mol. The van der Waals surface area contributed by atoms with Crippen molar-refractivity contribution in [3.8, 4) is 0 Å². The molecule has 7 heteroatoms. The summed E-state index contributed by atoms with van der Waals surface area (Å²) in [5.74, 6) is -0.823. The summed E-state index contributed by atoms with van der Waals surface area (Å²) in [6.07, 6.45) is 0.818. The summed E-state index contributed by atoms with van der Waals surface area (Å²) in [5, 5.41) is 9.21. The lowest BCUT2D eigenvalue weighted by molar-refractivity contribution is 0.0695. The minimum absolute atomic E-state index is 0.00264. The number of carboxylic acid groups (broad SMARTS) is 1. The number of nitrogens with zero attached hydrogens (tertiary/aromatic N) is 1. The van der Waals surface area contributed by atoms with Gasteiger partial charge in [0.1, 0.15) is 0 Å². The van der Waals surface area contributed by atoms with Crippen LogP contribution in [0.2, 0.25) is 0 Å². The zero-order valence-corrected chi connectivity index (χ0v) is 14.5. The van der Waals surface area contributed by atoms with Gasteiger partial charge in [-0.05, 0) is 43.9 Å². The predicted octanol–water partition coefficient (Wildman–Crippen LogP) is 2.87. The Kier molecular flexibility index (Phi) is 4.46. The van der Waals surface area contributed by atoms with E-state index in [1.165, 1.54) is 16.4 Å². The van der Waals surface area contributed by atoms with Gasteiger partial charge in [0.05, 0.1) is 10.5 Å². The lowest BCUT2D eigenvalue weighted by Crippen LogP contribution is -2.34. The molecule has 1 aliphatic heterocycles. The molecule has 0 radical (unpaired) electrons. The molecule has 2 unspecified atom stereocenters. The Balaban J connectivity index is 2.53. The minimum Gasteiger partial charge on any atom is -0.478 e. The van der Waals surface area contributed by atoms with Gasteiger partial charge in [-0.15, -0.1) is 0 Å². The molecule has 5 nitrogen and oxygen atoms in total. The van der Waals surface area contributed by atoms with Crippen LogP contribution in [-0.4, -0.2) is 36.4 Å². The van der Waals surface area contributed by atoms with Crippen LogP contribution >= 0.6 is 15.9 Å². The number of aromatic carboxylic acids is 1. The van der Waals surface area contributed by atoms with Crippen molar-refractivity contribution >= 4 is 31.9 Å². The third kappa shape index (κ3) is 3.00. The summed E-state index contributed by atoms with van der Waals surface area (Å²) in [4.78, 5) is 11.3. The molecule has 0 amide bonds. The van der Waals surface area contributed by atoms with E-state index in [1.807, 2.05) is 13.8 Å². The minimum atomic E-state index is -3.68. The molecule has 1 N–H and O–H groups in total. The molecule has 2 rings (SSSR count). The van der Waals surface area contributed by atoms with Gasteiger partial charge in [-0.3, -0.25) is 0 Å². The molecule has 1 fully saturated rings. The van der Waals surface area contributed by atoms with Gasteiger partial charge in [-0.2, -0.15) is 4.31 Å². The van der Waals surface area contributed by atoms with E-state index >= 15 is 0 Å². The summed E-state index contributed by atoms with van der Waals surface area (Å²) in [6.45, 7) is 6.00. The van der Waals surface area contributed by atoms with Crippen LogP contribution in [0.5, 0.6) is 0 Å². The van der Waals surface area contributed by atoms with Crippen LogP contribution in [0.3, 0.4) is 0 Å². The maximum absolute atomic E-state index is 12.7. The van der Waals surface area contributed by atoms with E-state index in [0.717, 1.165) is 6.42 Å². The Hall–Kier alpha value is -0.920. The van der Waals surface area contributed by atoms with E-state index in [1.54, 1.807) is 6.92 Å². The summed E-state index contributed by atoms with van der Waals surface area (Å²) in [6, 6.07) is 2.65. The van der Waals surface area contributed by atoms with Crippen molar-refractivity contribution in [1.29, 1.82) is 0 Å². The molecule has 0 bridgehead atoms. The summed E-state index contributed by atoms with van der Waals surface area (Å²) >= 11 is 3.25. The van der Waals surface area contributed by atoms with Crippen LogP contribution in [-0.2, 0) is 10.0 Å². The largest absolute Gasteiger partial charge is 0.478 e. The summed E-state index contributed by atoms with van der Waals surface area (Å²) in [5.41, 5.74) is 0.520. The standard InChI is InChI=1S/C14H18BrNO4S/c1-8-4-9(2)16(7-8)21(19,20)11-5-12(14(17)18)10(3)13(15)6-11/h5-6,8-9H,4,7H2,1-3H3,(H,17,18). The Morgan fingerprint density at radius 1 is 1.38 bits per heavy atom. The number of benzene rings is 1. The van der Waals surface area contributed by atoms with Crippen LogP contribution in [0, 0.1) is 12.8 Å². The highest BCUT2D eigenvalue weighted by atomic mass is 79.9. The first-order valence-electron chi connectivity index (χ1n) is 6.70. The van der Waals surface area contributed by atoms with Crippen LogP contribution in [0.25, 0.3) is 0 Å². The number of hydrogen-bond donors (Lipinski definition) is 1. The fourth-order valence-corrected chi connectivity index (χ4v) is 5.18. The lowest BCUT2D eigenvalue weighted by Gasteiger charge is -2.21. The molecule has 1 aromatic carbocycles.